The smallest absolute Gasteiger partial charge is 0.329 e. The van der Waals surface area contributed by atoms with Crippen LogP contribution in [0.25, 0.3) is 6.08 Å². The van der Waals surface area contributed by atoms with E-state index in [1.165, 1.54) is 4.90 Å². The number of benzene rings is 2. The molecule has 2 aromatic carbocycles. The molecular formula is C19H17BrN2O3. The summed E-state index contributed by atoms with van der Waals surface area (Å²) in [7, 11) is 0. The minimum atomic E-state index is -0.423. The first-order valence-corrected chi connectivity index (χ1v) is 8.68. The Morgan fingerprint density at radius 3 is 2.56 bits per heavy atom. The van der Waals surface area contributed by atoms with Gasteiger partial charge in [0.05, 0.1) is 13.2 Å². The SMILES string of the molecule is CCOc1ccccc1/C=C1/NC(=O)N(Cc2ccc(Br)cc2)C1=O. The van der Waals surface area contributed by atoms with Crippen molar-refractivity contribution in [2.45, 2.75) is 13.5 Å². The number of carbonyl (C=O) groups is 2. The number of urea groups is 1. The highest BCUT2D eigenvalue weighted by Gasteiger charge is 2.33. The monoisotopic (exact) mass is 400 g/mol. The summed E-state index contributed by atoms with van der Waals surface area (Å²) in [6, 6.07) is 14.5. The van der Waals surface area contributed by atoms with Crippen LogP contribution >= 0.6 is 15.9 Å². The van der Waals surface area contributed by atoms with Gasteiger partial charge < -0.3 is 10.1 Å². The van der Waals surface area contributed by atoms with Crippen LogP contribution in [0.1, 0.15) is 18.1 Å². The van der Waals surface area contributed by atoms with Gasteiger partial charge in [-0.2, -0.15) is 0 Å². The molecule has 0 saturated carbocycles. The molecule has 1 saturated heterocycles. The van der Waals surface area contributed by atoms with Gasteiger partial charge in [-0.25, -0.2) is 4.79 Å². The molecule has 0 bridgehead atoms. The van der Waals surface area contributed by atoms with E-state index < -0.39 is 6.03 Å². The van der Waals surface area contributed by atoms with Crippen molar-refractivity contribution in [3.63, 3.8) is 0 Å². The third-order valence-corrected chi connectivity index (χ3v) is 4.26. The molecule has 0 unspecified atom stereocenters. The van der Waals surface area contributed by atoms with E-state index in [9.17, 15) is 9.59 Å². The van der Waals surface area contributed by atoms with Crippen LogP contribution in [0.5, 0.6) is 5.75 Å². The Labute approximate surface area is 154 Å². The van der Waals surface area contributed by atoms with Crippen LogP contribution in [-0.2, 0) is 11.3 Å². The van der Waals surface area contributed by atoms with Gasteiger partial charge in [-0.05, 0) is 36.8 Å². The van der Waals surface area contributed by atoms with E-state index >= 15 is 0 Å². The minimum absolute atomic E-state index is 0.225. The summed E-state index contributed by atoms with van der Waals surface area (Å²) in [4.78, 5) is 26.0. The number of amides is 3. The highest BCUT2D eigenvalue weighted by atomic mass is 79.9. The molecule has 2 aromatic rings. The van der Waals surface area contributed by atoms with Crippen LogP contribution in [0.3, 0.4) is 0 Å². The zero-order valence-corrected chi connectivity index (χ0v) is 15.2. The summed E-state index contributed by atoms with van der Waals surface area (Å²) in [5, 5.41) is 2.64. The number of carbonyl (C=O) groups excluding carboxylic acids is 2. The summed E-state index contributed by atoms with van der Waals surface area (Å²) in [5.74, 6) is 0.324. The summed E-state index contributed by atoms with van der Waals surface area (Å²) in [6.07, 6.45) is 1.65. The first-order valence-electron chi connectivity index (χ1n) is 7.89. The highest BCUT2D eigenvalue weighted by molar-refractivity contribution is 9.10. The first-order chi connectivity index (χ1) is 12.1. The predicted octanol–water partition coefficient (Wildman–Crippen LogP) is 3.94. The summed E-state index contributed by atoms with van der Waals surface area (Å²) >= 11 is 3.37. The zero-order chi connectivity index (χ0) is 17.8. The van der Waals surface area contributed by atoms with Crippen molar-refractivity contribution < 1.29 is 14.3 Å². The van der Waals surface area contributed by atoms with Crippen molar-refractivity contribution in [3.8, 4) is 5.75 Å². The molecule has 25 heavy (non-hydrogen) atoms. The van der Waals surface area contributed by atoms with Crippen molar-refractivity contribution >= 4 is 33.9 Å². The molecule has 3 amide bonds. The van der Waals surface area contributed by atoms with Gasteiger partial charge in [0.15, 0.2) is 0 Å². The van der Waals surface area contributed by atoms with Crippen LogP contribution in [0.15, 0.2) is 58.7 Å². The number of para-hydroxylation sites is 1. The fraction of sp³-hybridized carbons (Fsp3) is 0.158. The Bertz CT molecular complexity index is 831. The van der Waals surface area contributed by atoms with E-state index in [1.54, 1.807) is 6.08 Å². The molecule has 1 N–H and O–H groups in total. The second kappa shape index (κ2) is 7.53. The molecule has 1 aliphatic heterocycles. The molecule has 128 valence electrons. The quantitative estimate of drug-likeness (QED) is 0.610. The fourth-order valence-electron chi connectivity index (χ4n) is 2.53. The summed E-state index contributed by atoms with van der Waals surface area (Å²) in [5.41, 5.74) is 1.87. The van der Waals surface area contributed by atoms with Gasteiger partial charge in [0.25, 0.3) is 5.91 Å². The number of nitrogens with one attached hydrogen (secondary N) is 1. The Morgan fingerprint density at radius 2 is 1.84 bits per heavy atom. The molecule has 0 radical (unpaired) electrons. The Hall–Kier alpha value is -2.60. The lowest BCUT2D eigenvalue weighted by Crippen LogP contribution is -2.30. The molecule has 0 atom stereocenters. The second-order valence-electron chi connectivity index (χ2n) is 5.48. The van der Waals surface area contributed by atoms with Crippen molar-refractivity contribution in [1.29, 1.82) is 0 Å². The van der Waals surface area contributed by atoms with Gasteiger partial charge in [-0.1, -0.05) is 46.3 Å². The molecular weight excluding hydrogens is 384 g/mol. The second-order valence-corrected chi connectivity index (χ2v) is 6.39. The molecule has 5 nitrogen and oxygen atoms in total. The van der Waals surface area contributed by atoms with E-state index in [2.05, 4.69) is 21.2 Å². The number of rotatable bonds is 5. The highest BCUT2D eigenvalue weighted by Crippen LogP contribution is 2.23. The lowest BCUT2D eigenvalue weighted by atomic mass is 10.1. The third-order valence-electron chi connectivity index (χ3n) is 3.73. The number of hydrogen-bond donors (Lipinski definition) is 1. The molecule has 0 aromatic heterocycles. The van der Waals surface area contributed by atoms with Crippen molar-refractivity contribution in [2.75, 3.05) is 6.61 Å². The minimum Gasteiger partial charge on any atom is -0.493 e. The van der Waals surface area contributed by atoms with Gasteiger partial charge in [0.2, 0.25) is 0 Å². The standard InChI is InChI=1S/C19H17BrN2O3/c1-2-25-17-6-4-3-5-14(17)11-16-18(23)22(19(24)21-16)12-13-7-9-15(20)10-8-13/h3-11H,2,12H2,1H3,(H,21,24)/b16-11+. The third kappa shape index (κ3) is 3.91. The van der Waals surface area contributed by atoms with Crippen LogP contribution in [0.2, 0.25) is 0 Å². The molecule has 1 heterocycles. The van der Waals surface area contributed by atoms with Crippen LogP contribution in [0.4, 0.5) is 4.79 Å². The molecule has 1 fully saturated rings. The molecule has 0 aliphatic carbocycles. The van der Waals surface area contributed by atoms with E-state index in [1.807, 2.05) is 55.5 Å². The van der Waals surface area contributed by atoms with Gasteiger partial charge >= 0.3 is 6.03 Å². The maximum absolute atomic E-state index is 12.6. The van der Waals surface area contributed by atoms with Gasteiger partial charge in [0, 0.05) is 10.0 Å². The maximum atomic E-state index is 12.6. The molecule has 0 spiro atoms. The van der Waals surface area contributed by atoms with Crippen LogP contribution in [-0.4, -0.2) is 23.4 Å². The molecule has 6 heteroatoms. The number of halogens is 1. The van der Waals surface area contributed by atoms with Crippen molar-refractivity contribution in [3.05, 3.63) is 69.8 Å². The largest absolute Gasteiger partial charge is 0.493 e. The van der Waals surface area contributed by atoms with Gasteiger partial charge in [-0.3, -0.25) is 9.69 Å². The Balaban J connectivity index is 1.82. The number of hydrogen-bond acceptors (Lipinski definition) is 3. The summed E-state index contributed by atoms with van der Waals surface area (Å²) < 4.78 is 6.50. The lowest BCUT2D eigenvalue weighted by molar-refractivity contribution is -0.123. The molecule has 3 rings (SSSR count). The predicted molar refractivity (Wildman–Crippen MR) is 98.8 cm³/mol. The fourth-order valence-corrected chi connectivity index (χ4v) is 2.79. The Kier molecular flexibility index (Phi) is 5.19. The normalized spacial score (nSPS) is 15.6. The summed E-state index contributed by atoms with van der Waals surface area (Å²) in [6.45, 7) is 2.64. The van der Waals surface area contributed by atoms with E-state index in [4.69, 9.17) is 4.74 Å². The van der Waals surface area contributed by atoms with Crippen molar-refractivity contribution in [1.82, 2.24) is 10.2 Å². The zero-order valence-electron chi connectivity index (χ0n) is 13.7. The van der Waals surface area contributed by atoms with Gasteiger partial charge in [0.1, 0.15) is 11.4 Å². The van der Waals surface area contributed by atoms with E-state index in [0.29, 0.717) is 12.4 Å². The number of imide groups is 1. The van der Waals surface area contributed by atoms with Gasteiger partial charge in [-0.15, -0.1) is 0 Å². The van der Waals surface area contributed by atoms with E-state index in [0.717, 1.165) is 15.6 Å². The Morgan fingerprint density at radius 1 is 1.12 bits per heavy atom. The molecule has 1 aliphatic rings. The van der Waals surface area contributed by atoms with E-state index in [-0.39, 0.29) is 18.1 Å². The van der Waals surface area contributed by atoms with Crippen LogP contribution in [0, 0.1) is 0 Å². The van der Waals surface area contributed by atoms with Crippen LogP contribution < -0.4 is 10.1 Å². The topological polar surface area (TPSA) is 58.6 Å². The number of ether oxygens (including phenoxy) is 1. The maximum Gasteiger partial charge on any atom is 0.329 e. The first kappa shape index (κ1) is 17.2. The lowest BCUT2D eigenvalue weighted by Gasteiger charge is -2.11. The average Bonchev–Trinajstić information content (AvgIpc) is 2.86. The number of nitrogens with zero attached hydrogens (tertiary/aromatic N) is 1. The van der Waals surface area contributed by atoms with Crippen molar-refractivity contribution in [2.24, 2.45) is 0 Å². The average molecular weight is 401 g/mol.